The number of ether oxygens (including phenoxy) is 2. The number of hydrogen-bond acceptors (Lipinski definition) is 3. The van der Waals surface area contributed by atoms with Gasteiger partial charge in [0.2, 0.25) is 5.88 Å². The summed E-state index contributed by atoms with van der Waals surface area (Å²) >= 11 is 3.47. The molecule has 0 aliphatic rings. The second-order valence-electron chi connectivity index (χ2n) is 4.00. The molecule has 0 saturated heterocycles. The molecule has 18 heavy (non-hydrogen) atoms. The van der Waals surface area contributed by atoms with Crippen molar-refractivity contribution in [2.75, 3.05) is 7.11 Å². The smallest absolute Gasteiger partial charge is 0.234 e. The SMILES string of the molecule is COc1cc(C)ccc1Oc1nccc(C)c1Br. The average molecular weight is 308 g/mol. The van der Waals surface area contributed by atoms with E-state index in [1.54, 1.807) is 13.3 Å². The van der Waals surface area contributed by atoms with E-state index in [0.29, 0.717) is 17.4 Å². The molecule has 0 unspecified atom stereocenters. The Balaban J connectivity index is 2.37. The molecule has 0 bridgehead atoms. The molecule has 0 spiro atoms. The van der Waals surface area contributed by atoms with E-state index in [1.807, 2.05) is 38.1 Å². The van der Waals surface area contributed by atoms with Gasteiger partial charge < -0.3 is 9.47 Å². The van der Waals surface area contributed by atoms with E-state index in [4.69, 9.17) is 9.47 Å². The van der Waals surface area contributed by atoms with Crippen LogP contribution in [0.15, 0.2) is 34.9 Å². The third-order valence-electron chi connectivity index (χ3n) is 2.58. The van der Waals surface area contributed by atoms with Gasteiger partial charge in [0, 0.05) is 6.20 Å². The highest BCUT2D eigenvalue weighted by Gasteiger charge is 2.10. The molecule has 94 valence electrons. The minimum Gasteiger partial charge on any atom is -0.493 e. The van der Waals surface area contributed by atoms with Crippen LogP contribution in [0.1, 0.15) is 11.1 Å². The van der Waals surface area contributed by atoms with Crippen LogP contribution in [-0.2, 0) is 0 Å². The summed E-state index contributed by atoms with van der Waals surface area (Å²) in [7, 11) is 1.63. The molecule has 0 radical (unpaired) electrons. The van der Waals surface area contributed by atoms with Crippen molar-refractivity contribution in [1.29, 1.82) is 0 Å². The van der Waals surface area contributed by atoms with E-state index < -0.39 is 0 Å². The average Bonchev–Trinajstić information content (AvgIpc) is 2.37. The van der Waals surface area contributed by atoms with Crippen LogP contribution in [-0.4, -0.2) is 12.1 Å². The first-order valence-corrected chi connectivity index (χ1v) is 6.34. The predicted octanol–water partition coefficient (Wildman–Crippen LogP) is 4.26. The Hall–Kier alpha value is -1.55. The van der Waals surface area contributed by atoms with E-state index in [9.17, 15) is 0 Å². The Kier molecular flexibility index (Phi) is 3.87. The molecule has 0 fully saturated rings. The second kappa shape index (κ2) is 5.40. The van der Waals surface area contributed by atoms with Gasteiger partial charge in [0.05, 0.1) is 11.6 Å². The van der Waals surface area contributed by atoms with Crippen LogP contribution >= 0.6 is 15.9 Å². The Morgan fingerprint density at radius 3 is 2.61 bits per heavy atom. The van der Waals surface area contributed by atoms with Crippen LogP contribution in [0.5, 0.6) is 17.4 Å². The maximum Gasteiger partial charge on any atom is 0.234 e. The Bertz CT molecular complexity index is 570. The van der Waals surface area contributed by atoms with Gasteiger partial charge in [0.15, 0.2) is 11.5 Å². The van der Waals surface area contributed by atoms with Gasteiger partial charge in [0.1, 0.15) is 0 Å². The van der Waals surface area contributed by atoms with Gasteiger partial charge >= 0.3 is 0 Å². The first-order chi connectivity index (χ1) is 8.61. The molecule has 1 heterocycles. The number of aromatic nitrogens is 1. The summed E-state index contributed by atoms with van der Waals surface area (Å²) in [5.74, 6) is 1.89. The summed E-state index contributed by atoms with van der Waals surface area (Å²) < 4.78 is 11.9. The summed E-state index contributed by atoms with van der Waals surface area (Å²) in [5, 5.41) is 0. The monoisotopic (exact) mass is 307 g/mol. The molecule has 1 aromatic carbocycles. The van der Waals surface area contributed by atoms with Gasteiger partial charge in [0.25, 0.3) is 0 Å². The van der Waals surface area contributed by atoms with Gasteiger partial charge in [-0.15, -0.1) is 0 Å². The Labute approximate surface area is 115 Å². The fraction of sp³-hybridized carbons (Fsp3) is 0.214. The molecule has 0 saturated carbocycles. The number of benzene rings is 1. The highest BCUT2D eigenvalue weighted by atomic mass is 79.9. The van der Waals surface area contributed by atoms with Crippen molar-refractivity contribution in [1.82, 2.24) is 4.98 Å². The lowest BCUT2D eigenvalue weighted by atomic mass is 10.2. The number of hydrogen-bond donors (Lipinski definition) is 0. The molecule has 0 atom stereocenters. The zero-order valence-corrected chi connectivity index (χ0v) is 12.1. The zero-order chi connectivity index (χ0) is 13.1. The fourth-order valence-electron chi connectivity index (χ4n) is 1.55. The standard InChI is InChI=1S/C14H14BrNO2/c1-9-4-5-11(12(8-9)17-3)18-14-13(15)10(2)6-7-16-14/h4-8H,1-3H3. The maximum atomic E-state index is 5.78. The van der Waals surface area contributed by atoms with Crippen LogP contribution in [0.25, 0.3) is 0 Å². The van der Waals surface area contributed by atoms with Crippen LogP contribution in [0.2, 0.25) is 0 Å². The molecule has 0 aliphatic carbocycles. The van der Waals surface area contributed by atoms with Crippen molar-refractivity contribution >= 4 is 15.9 Å². The van der Waals surface area contributed by atoms with E-state index in [2.05, 4.69) is 20.9 Å². The molecule has 1 aromatic heterocycles. The van der Waals surface area contributed by atoms with Crippen molar-refractivity contribution in [2.24, 2.45) is 0 Å². The van der Waals surface area contributed by atoms with Gasteiger partial charge in [-0.05, 0) is 59.1 Å². The molecule has 0 aliphatic heterocycles. The molecule has 0 amide bonds. The molecular formula is C14H14BrNO2. The van der Waals surface area contributed by atoms with E-state index in [1.165, 1.54) is 0 Å². The Morgan fingerprint density at radius 2 is 1.89 bits per heavy atom. The largest absolute Gasteiger partial charge is 0.493 e. The first kappa shape index (κ1) is 12.9. The van der Waals surface area contributed by atoms with E-state index >= 15 is 0 Å². The third-order valence-corrected chi connectivity index (χ3v) is 3.54. The van der Waals surface area contributed by atoms with Gasteiger partial charge in [-0.25, -0.2) is 4.98 Å². The van der Waals surface area contributed by atoms with E-state index in [-0.39, 0.29) is 0 Å². The fourth-order valence-corrected chi connectivity index (χ4v) is 1.87. The second-order valence-corrected chi connectivity index (χ2v) is 4.80. The molecule has 0 N–H and O–H groups in total. The molecule has 2 aromatic rings. The number of rotatable bonds is 3. The normalized spacial score (nSPS) is 10.2. The van der Waals surface area contributed by atoms with Crippen LogP contribution < -0.4 is 9.47 Å². The maximum absolute atomic E-state index is 5.78. The number of aryl methyl sites for hydroxylation is 2. The highest BCUT2D eigenvalue weighted by Crippen LogP contribution is 2.35. The summed E-state index contributed by atoms with van der Waals surface area (Å²) in [6, 6.07) is 7.70. The molecule has 2 rings (SSSR count). The van der Waals surface area contributed by atoms with Crippen LogP contribution in [0.4, 0.5) is 0 Å². The lowest BCUT2D eigenvalue weighted by Gasteiger charge is -2.11. The minimum atomic E-state index is 0.539. The van der Waals surface area contributed by atoms with Crippen molar-refractivity contribution in [3.63, 3.8) is 0 Å². The topological polar surface area (TPSA) is 31.4 Å². The summed E-state index contributed by atoms with van der Waals surface area (Å²) in [6.45, 7) is 4.00. The predicted molar refractivity (Wildman–Crippen MR) is 74.5 cm³/mol. The number of nitrogens with zero attached hydrogens (tertiary/aromatic N) is 1. The van der Waals surface area contributed by atoms with Crippen molar-refractivity contribution < 1.29 is 9.47 Å². The lowest BCUT2D eigenvalue weighted by molar-refractivity contribution is 0.373. The van der Waals surface area contributed by atoms with Crippen molar-refractivity contribution in [3.05, 3.63) is 46.1 Å². The summed E-state index contributed by atoms with van der Waals surface area (Å²) in [4.78, 5) is 4.21. The number of methoxy groups -OCH3 is 1. The van der Waals surface area contributed by atoms with E-state index in [0.717, 1.165) is 15.6 Å². The number of halogens is 1. The lowest BCUT2D eigenvalue weighted by Crippen LogP contribution is -1.94. The molecule has 3 nitrogen and oxygen atoms in total. The van der Waals surface area contributed by atoms with Gasteiger partial charge in [-0.3, -0.25) is 0 Å². The van der Waals surface area contributed by atoms with Crippen molar-refractivity contribution in [2.45, 2.75) is 13.8 Å². The molecule has 4 heteroatoms. The minimum absolute atomic E-state index is 0.539. The highest BCUT2D eigenvalue weighted by molar-refractivity contribution is 9.10. The third kappa shape index (κ3) is 2.64. The molecular weight excluding hydrogens is 294 g/mol. The van der Waals surface area contributed by atoms with Gasteiger partial charge in [-0.2, -0.15) is 0 Å². The Morgan fingerprint density at radius 1 is 1.11 bits per heavy atom. The first-order valence-electron chi connectivity index (χ1n) is 5.55. The van der Waals surface area contributed by atoms with Crippen LogP contribution in [0, 0.1) is 13.8 Å². The van der Waals surface area contributed by atoms with Crippen molar-refractivity contribution in [3.8, 4) is 17.4 Å². The summed E-state index contributed by atoms with van der Waals surface area (Å²) in [5.41, 5.74) is 2.20. The quantitative estimate of drug-likeness (QED) is 0.849. The summed E-state index contributed by atoms with van der Waals surface area (Å²) in [6.07, 6.45) is 1.72. The number of pyridine rings is 1. The zero-order valence-electron chi connectivity index (χ0n) is 10.5. The van der Waals surface area contributed by atoms with Crippen LogP contribution in [0.3, 0.4) is 0 Å². The van der Waals surface area contributed by atoms with Gasteiger partial charge in [-0.1, -0.05) is 6.07 Å².